The lowest BCUT2D eigenvalue weighted by Gasteiger charge is -2.13. The van der Waals surface area contributed by atoms with Gasteiger partial charge in [-0.2, -0.15) is 0 Å². The third kappa shape index (κ3) is 4.00. The molecule has 0 saturated heterocycles. The second-order valence-electron chi connectivity index (χ2n) is 5.84. The fourth-order valence-corrected chi connectivity index (χ4v) is 2.83. The van der Waals surface area contributed by atoms with Crippen molar-refractivity contribution < 1.29 is 28.9 Å². The normalized spacial score (nSPS) is 14.7. The van der Waals surface area contributed by atoms with Crippen LogP contribution >= 0.6 is 0 Å². The minimum Gasteiger partial charge on any atom is -0.496 e. The Morgan fingerprint density at radius 3 is 2.30 bits per heavy atom. The summed E-state index contributed by atoms with van der Waals surface area (Å²) < 4.78 is 15.9. The maximum atomic E-state index is 12.2. The molecule has 2 aromatic carbocycles. The molecule has 1 heterocycles. The molecule has 0 spiro atoms. The van der Waals surface area contributed by atoms with E-state index in [9.17, 15) is 9.59 Å². The van der Waals surface area contributed by atoms with E-state index in [0.717, 1.165) is 5.56 Å². The second-order valence-corrected chi connectivity index (χ2v) is 5.84. The van der Waals surface area contributed by atoms with Gasteiger partial charge < -0.3 is 19.3 Å². The number of hydrogen-bond acceptors (Lipinski definition) is 5. The predicted molar refractivity (Wildman–Crippen MR) is 99.4 cm³/mol. The number of esters is 1. The summed E-state index contributed by atoms with van der Waals surface area (Å²) in [5, 5.41) is 9.09. The summed E-state index contributed by atoms with van der Waals surface area (Å²) in [7, 11) is 2.91. The molecule has 0 fully saturated rings. The first-order valence-electron chi connectivity index (χ1n) is 8.19. The van der Waals surface area contributed by atoms with Crippen LogP contribution < -0.4 is 9.47 Å². The number of benzene rings is 2. The molecule has 0 radical (unpaired) electrons. The van der Waals surface area contributed by atoms with E-state index in [4.69, 9.17) is 19.3 Å². The molecule has 1 aliphatic rings. The number of aliphatic carboxylic acids is 1. The van der Waals surface area contributed by atoms with Crippen LogP contribution in [0.5, 0.6) is 11.5 Å². The van der Waals surface area contributed by atoms with Crippen LogP contribution in [0.25, 0.3) is 11.8 Å². The molecule has 2 aromatic rings. The van der Waals surface area contributed by atoms with Crippen LogP contribution in [0, 0.1) is 0 Å². The van der Waals surface area contributed by atoms with Crippen LogP contribution in [0.15, 0.2) is 54.1 Å². The molecule has 0 aliphatic carbocycles. The highest BCUT2D eigenvalue weighted by atomic mass is 16.5. The first kappa shape index (κ1) is 18.3. The van der Waals surface area contributed by atoms with E-state index >= 15 is 0 Å². The highest BCUT2D eigenvalue weighted by Crippen LogP contribution is 2.33. The molecule has 0 atom stereocenters. The maximum absolute atomic E-state index is 12.2. The molecule has 0 amide bonds. The van der Waals surface area contributed by atoms with Crippen LogP contribution in [-0.2, 0) is 20.7 Å². The van der Waals surface area contributed by atoms with Gasteiger partial charge in [0.25, 0.3) is 0 Å². The summed E-state index contributed by atoms with van der Waals surface area (Å²) in [6.45, 7) is 0. The van der Waals surface area contributed by atoms with E-state index in [-0.39, 0.29) is 6.42 Å². The van der Waals surface area contributed by atoms with Crippen LogP contribution in [-0.4, -0.2) is 31.3 Å². The quantitative estimate of drug-likeness (QED) is 0.624. The summed E-state index contributed by atoms with van der Waals surface area (Å²) in [6.07, 6.45) is 3.08. The molecule has 1 N–H and O–H groups in total. The SMILES string of the molecule is COc1cc(/C=C2/C=C(c3ccccc3)OC2=O)cc(OC)c1CC(=O)O. The Kier molecular flexibility index (Phi) is 5.26. The van der Waals surface area contributed by atoms with Crippen LogP contribution in [0.2, 0.25) is 0 Å². The molecule has 0 aromatic heterocycles. The third-order valence-corrected chi connectivity index (χ3v) is 4.06. The van der Waals surface area contributed by atoms with Crippen molar-refractivity contribution in [2.75, 3.05) is 14.2 Å². The van der Waals surface area contributed by atoms with Crippen molar-refractivity contribution in [3.63, 3.8) is 0 Å². The van der Waals surface area contributed by atoms with Gasteiger partial charge in [-0.1, -0.05) is 30.3 Å². The van der Waals surface area contributed by atoms with Gasteiger partial charge in [0.05, 0.1) is 26.2 Å². The van der Waals surface area contributed by atoms with Gasteiger partial charge in [-0.25, -0.2) is 4.79 Å². The highest BCUT2D eigenvalue weighted by molar-refractivity contribution is 6.05. The summed E-state index contributed by atoms with van der Waals surface area (Å²) in [5.74, 6) is -0.216. The number of hydrogen-bond donors (Lipinski definition) is 1. The third-order valence-electron chi connectivity index (χ3n) is 4.06. The van der Waals surface area contributed by atoms with E-state index in [1.807, 2.05) is 30.3 Å². The minimum atomic E-state index is -0.993. The Hall–Kier alpha value is -3.54. The topological polar surface area (TPSA) is 82.1 Å². The Labute approximate surface area is 156 Å². The van der Waals surface area contributed by atoms with Crippen molar-refractivity contribution in [2.24, 2.45) is 0 Å². The second kappa shape index (κ2) is 7.78. The molecule has 1 aliphatic heterocycles. The van der Waals surface area contributed by atoms with Gasteiger partial charge in [0, 0.05) is 11.1 Å². The lowest BCUT2D eigenvalue weighted by Crippen LogP contribution is -2.05. The largest absolute Gasteiger partial charge is 0.496 e. The van der Waals surface area contributed by atoms with Gasteiger partial charge in [0.15, 0.2) is 0 Å². The zero-order valence-electron chi connectivity index (χ0n) is 14.9. The zero-order chi connectivity index (χ0) is 19.4. The van der Waals surface area contributed by atoms with Crippen LogP contribution in [0.4, 0.5) is 0 Å². The standard InChI is InChI=1S/C21H18O6/c1-25-18-9-13(10-19(26-2)16(18)12-20(22)23)8-15-11-17(27-21(15)24)14-6-4-3-5-7-14/h3-11H,12H2,1-2H3,(H,22,23)/b15-8-. The zero-order valence-corrected chi connectivity index (χ0v) is 14.9. The van der Waals surface area contributed by atoms with E-state index in [1.165, 1.54) is 14.2 Å². The van der Waals surface area contributed by atoms with Crippen molar-refractivity contribution in [3.8, 4) is 11.5 Å². The number of carbonyl (C=O) groups excluding carboxylic acids is 1. The predicted octanol–water partition coefficient (Wildman–Crippen LogP) is 3.31. The summed E-state index contributed by atoms with van der Waals surface area (Å²) in [4.78, 5) is 23.3. The van der Waals surface area contributed by atoms with Crippen molar-refractivity contribution in [1.29, 1.82) is 0 Å². The van der Waals surface area contributed by atoms with Crippen molar-refractivity contribution in [3.05, 3.63) is 70.8 Å². The Morgan fingerprint density at radius 2 is 1.74 bits per heavy atom. The molecule has 138 valence electrons. The fourth-order valence-electron chi connectivity index (χ4n) is 2.83. The lowest BCUT2D eigenvalue weighted by atomic mass is 10.0. The molecule has 6 heteroatoms. The molecule has 6 nitrogen and oxygen atoms in total. The Morgan fingerprint density at radius 1 is 1.11 bits per heavy atom. The molecule has 0 bridgehead atoms. The highest BCUT2D eigenvalue weighted by Gasteiger charge is 2.22. The molecule has 0 saturated carbocycles. The summed E-state index contributed by atoms with van der Waals surface area (Å²) >= 11 is 0. The lowest BCUT2D eigenvalue weighted by molar-refractivity contribution is -0.136. The summed E-state index contributed by atoms with van der Waals surface area (Å²) in [6, 6.07) is 12.6. The van der Waals surface area contributed by atoms with Crippen molar-refractivity contribution in [1.82, 2.24) is 0 Å². The van der Waals surface area contributed by atoms with Crippen molar-refractivity contribution >= 4 is 23.8 Å². The van der Waals surface area contributed by atoms with Gasteiger partial charge in [0.2, 0.25) is 0 Å². The summed E-state index contributed by atoms with van der Waals surface area (Å²) in [5.41, 5.74) is 2.25. The number of carbonyl (C=O) groups is 2. The molecular weight excluding hydrogens is 348 g/mol. The number of carboxylic acid groups (broad SMARTS) is 1. The van der Waals surface area contributed by atoms with Gasteiger partial charge >= 0.3 is 11.9 Å². The number of cyclic esters (lactones) is 1. The number of methoxy groups -OCH3 is 2. The molecule has 0 unspecified atom stereocenters. The van der Waals surface area contributed by atoms with Crippen LogP contribution in [0.3, 0.4) is 0 Å². The number of carboxylic acids is 1. The van der Waals surface area contributed by atoms with Crippen molar-refractivity contribution in [2.45, 2.75) is 6.42 Å². The van der Waals surface area contributed by atoms with Gasteiger partial charge in [-0.3, -0.25) is 4.79 Å². The Balaban J connectivity index is 2.00. The fraction of sp³-hybridized carbons (Fsp3) is 0.143. The van der Waals surface area contributed by atoms with E-state index < -0.39 is 11.9 Å². The van der Waals surface area contributed by atoms with Crippen LogP contribution in [0.1, 0.15) is 16.7 Å². The first-order valence-corrected chi connectivity index (χ1v) is 8.19. The molecule has 27 heavy (non-hydrogen) atoms. The molecule has 3 rings (SSSR count). The van der Waals surface area contributed by atoms with E-state index in [1.54, 1.807) is 24.3 Å². The van der Waals surface area contributed by atoms with Gasteiger partial charge in [-0.15, -0.1) is 0 Å². The van der Waals surface area contributed by atoms with E-state index in [0.29, 0.717) is 34.0 Å². The van der Waals surface area contributed by atoms with E-state index in [2.05, 4.69) is 0 Å². The maximum Gasteiger partial charge on any atom is 0.343 e. The average molecular weight is 366 g/mol. The molecular formula is C21H18O6. The number of rotatable bonds is 6. The first-order chi connectivity index (χ1) is 13.0. The smallest absolute Gasteiger partial charge is 0.343 e. The average Bonchev–Trinajstić information content (AvgIpc) is 3.03. The van der Waals surface area contributed by atoms with Gasteiger partial charge in [0.1, 0.15) is 17.3 Å². The number of ether oxygens (including phenoxy) is 3. The van der Waals surface area contributed by atoms with Gasteiger partial charge in [-0.05, 0) is 29.8 Å². The Bertz CT molecular complexity index is 915. The monoisotopic (exact) mass is 366 g/mol. The minimum absolute atomic E-state index is 0.233.